The molecule has 2 rings (SSSR count). The summed E-state index contributed by atoms with van der Waals surface area (Å²) in [6, 6.07) is 13.3. The number of aryl methyl sites for hydroxylation is 2. The fourth-order valence-corrected chi connectivity index (χ4v) is 3.25. The lowest BCUT2D eigenvalue weighted by atomic mass is 10.0. The number of hydrogen-bond acceptors (Lipinski definition) is 2. The molecule has 2 heteroatoms. The van der Waals surface area contributed by atoms with Crippen LogP contribution in [0.3, 0.4) is 0 Å². The summed E-state index contributed by atoms with van der Waals surface area (Å²) < 4.78 is 0. The number of benzene rings is 1. The van der Waals surface area contributed by atoms with E-state index < -0.39 is 0 Å². The highest BCUT2D eigenvalue weighted by molar-refractivity contribution is 7.11. The molecule has 0 amide bonds. The largest absolute Gasteiger partial charge is 0.327 e. The predicted molar refractivity (Wildman–Crippen MR) is 80.3 cm³/mol. The monoisotopic (exact) mass is 259 g/mol. The summed E-state index contributed by atoms with van der Waals surface area (Å²) in [4.78, 5) is 2.86. The zero-order valence-electron chi connectivity index (χ0n) is 11.1. The van der Waals surface area contributed by atoms with Gasteiger partial charge in [-0.25, -0.2) is 0 Å². The molecule has 1 aromatic heterocycles. The topological polar surface area (TPSA) is 26.0 Å². The minimum absolute atomic E-state index is 0.218. The maximum atomic E-state index is 6.25. The Balaban J connectivity index is 1.94. The molecule has 0 aliphatic carbocycles. The predicted octanol–water partition coefficient (Wildman–Crippen LogP) is 3.73. The number of thiophene rings is 1. The summed E-state index contributed by atoms with van der Waals surface area (Å²) in [6.45, 7) is 4.32. The van der Waals surface area contributed by atoms with Crippen molar-refractivity contribution >= 4 is 11.3 Å². The first-order valence-corrected chi connectivity index (χ1v) is 7.37. The maximum Gasteiger partial charge on any atom is 0.0128 e. The summed E-state index contributed by atoms with van der Waals surface area (Å²) in [5.74, 6) is 0. The fraction of sp³-hybridized carbons (Fsp3) is 0.375. The van der Waals surface area contributed by atoms with Crippen molar-refractivity contribution in [2.45, 2.75) is 39.2 Å². The van der Waals surface area contributed by atoms with E-state index in [2.05, 4.69) is 50.2 Å². The van der Waals surface area contributed by atoms with Gasteiger partial charge in [-0.15, -0.1) is 11.3 Å². The summed E-state index contributed by atoms with van der Waals surface area (Å²) in [5.41, 5.74) is 8.90. The first-order valence-electron chi connectivity index (χ1n) is 6.56. The van der Waals surface area contributed by atoms with Gasteiger partial charge in [0.25, 0.3) is 0 Å². The van der Waals surface area contributed by atoms with Gasteiger partial charge in [0.2, 0.25) is 0 Å². The van der Waals surface area contributed by atoms with Crippen LogP contribution in [-0.2, 0) is 19.3 Å². The van der Waals surface area contributed by atoms with Gasteiger partial charge >= 0.3 is 0 Å². The van der Waals surface area contributed by atoms with Crippen molar-refractivity contribution in [3.8, 4) is 0 Å². The van der Waals surface area contributed by atoms with E-state index in [1.165, 1.54) is 20.9 Å². The van der Waals surface area contributed by atoms with Crippen molar-refractivity contribution < 1.29 is 0 Å². The Labute approximate surface area is 114 Å². The van der Waals surface area contributed by atoms with E-state index in [0.717, 1.165) is 19.3 Å². The van der Waals surface area contributed by atoms with Crippen LogP contribution < -0.4 is 5.73 Å². The minimum Gasteiger partial charge on any atom is -0.327 e. The lowest BCUT2D eigenvalue weighted by molar-refractivity contribution is 0.670. The molecule has 0 saturated heterocycles. The van der Waals surface area contributed by atoms with Crippen LogP contribution >= 0.6 is 11.3 Å². The van der Waals surface area contributed by atoms with Crippen LogP contribution in [0, 0.1) is 6.92 Å². The molecule has 18 heavy (non-hydrogen) atoms. The number of hydrogen-bond donors (Lipinski definition) is 1. The van der Waals surface area contributed by atoms with Crippen LogP contribution in [0.25, 0.3) is 0 Å². The Bertz CT molecular complexity index is 501. The zero-order valence-corrected chi connectivity index (χ0v) is 12.0. The van der Waals surface area contributed by atoms with Gasteiger partial charge < -0.3 is 5.73 Å². The molecule has 96 valence electrons. The summed E-state index contributed by atoms with van der Waals surface area (Å²) in [5, 5.41) is 0. The first-order chi connectivity index (χ1) is 8.67. The van der Waals surface area contributed by atoms with E-state index in [-0.39, 0.29) is 6.04 Å². The fourth-order valence-electron chi connectivity index (χ4n) is 2.19. The Morgan fingerprint density at radius 2 is 1.89 bits per heavy atom. The van der Waals surface area contributed by atoms with E-state index in [0.29, 0.717) is 0 Å². The van der Waals surface area contributed by atoms with Crippen LogP contribution in [0.5, 0.6) is 0 Å². The second kappa shape index (κ2) is 6.17. The summed E-state index contributed by atoms with van der Waals surface area (Å²) in [6.07, 6.45) is 3.07. The van der Waals surface area contributed by atoms with E-state index in [1.807, 2.05) is 11.3 Å². The second-order valence-corrected chi connectivity index (χ2v) is 6.13. The van der Waals surface area contributed by atoms with Crippen LogP contribution in [0.4, 0.5) is 0 Å². The smallest absolute Gasteiger partial charge is 0.0128 e. The maximum absolute atomic E-state index is 6.25. The highest BCUT2D eigenvalue weighted by Crippen LogP contribution is 2.19. The van der Waals surface area contributed by atoms with E-state index in [9.17, 15) is 0 Å². The SMILES string of the molecule is CCc1ccc(CC(N)Cc2cccc(C)c2)s1. The molecule has 1 aromatic carbocycles. The Hall–Kier alpha value is -1.12. The van der Waals surface area contributed by atoms with Crippen LogP contribution in [0.1, 0.15) is 27.8 Å². The minimum atomic E-state index is 0.218. The molecular formula is C16H21NS. The molecule has 0 aliphatic rings. The molecule has 0 aliphatic heterocycles. The average Bonchev–Trinajstić information content (AvgIpc) is 2.76. The number of rotatable bonds is 5. The highest BCUT2D eigenvalue weighted by atomic mass is 32.1. The quantitative estimate of drug-likeness (QED) is 0.870. The van der Waals surface area contributed by atoms with Crippen LogP contribution in [-0.4, -0.2) is 6.04 Å². The molecule has 1 atom stereocenters. The Kier molecular flexibility index (Phi) is 4.56. The molecule has 0 spiro atoms. The van der Waals surface area contributed by atoms with Gasteiger partial charge in [-0.3, -0.25) is 0 Å². The molecule has 1 nitrogen and oxygen atoms in total. The van der Waals surface area contributed by atoms with Gasteiger partial charge in [0.15, 0.2) is 0 Å². The molecule has 1 heterocycles. The van der Waals surface area contributed by atoms with Crippen molar-refractivity contribution in [1.29, 1.82) is 0 Å². The van der Waals surface area contributed by atoms with E-state index in [4.69, 9.17) is 5.73 Å². The van der Waals surface area contributed by atoms with E-state index in [1.54, 1.807) is 0 Å². The van der Waals surface area contributed by atoms with Gasteiger partial charge in [-0.2, -0.15) is 0 Å². The normalized spacial score (nSPS) is 12.6. The summed E-state index contributed by atoms with van der Waals surface area (Å²) >= 11 is 1.89. The molecule has 1 unspecified atom stereocenters. The van der Waals surface area contributed by atoms with Crippen molar-refractivity contribution in [3.63, 3.8) is 0 Å². The molecular weight excluding hydrogens is 238 g/mol. The molecule has 0 saturated carbocycles. The summed E-state index contributed by atoms with van der Waals surface area (Å²) in [7, 11) is 0. The molecule has 0 bridgehead atoms. The van der Waals surface area contributed by atoms with Crippen LogP contribution in [0.2, 0.25) is 0 Å². The standard InChI is InChI=1S/C16H21NS/c1-3-15-7-8-16(18-15)11-14(17)10-13-6-4-5-12(2)9-13/h4-9,14H,3,10-11,17H2,1-2H3. The van der Waals surface area contributed by atoms with Gasteiger partial charge in [0.05, 0.1) is 0 Å². The van der Waals surface area contributed by atoms with Crippen molar-refractivity contribution in [2.75, 3.05) is 0 Å². The van der Waals surface area contributed by atoms with Crippen LogP contribution in [0.15, 0.2) is 36.4 Å². The lowest BCUT2D eigenvalue weighted by Crippen LogP contribution is -2.25. The van der Waals surface area contributed by atoms with Crippen molar-refractivity contribution in [1.82, 2.24) is 0 Å². The highest BCUT2D eigenvalue weighted by Gasteiger charge is 2.07. The Morgan fingerprint density at radius 3 is 2.56 bits per heavy atom. The third-order valence-electron chi connectivity index (χ3n) is 3.11. The number of nitrogens with two attached hydrogens (primary N) is 1. The molecule has 0 radical (unpaired) electrons. The van der Waals surface area contributed by atoms with E-state index >= 15 is 0 Å². The third-order valence-corrected chi connectivity index (χ3v) is 4.36. The van der Waals surface area contributed by atoms with Gasteiger partial charge in [0, 0.05) is 15.8 Å². The van der Waals surface area contributed by atoms with Gasteiger partial charge in [-0.05, 0) is 43.9 Å². The lowest BCUT2D eigenvalue weighted by Gasteiger charge is -2.10. The first kappa shape index (κ1) is 13.3. The molecule has 2 aromatic rings. The van der Waals surface area contributed by atoms with Crippen molar-refractivity contribution in [2.24, 2.45) is 5.73 Å². The molecule has 0 fully saturated rings. The van der Waals surface area contributed by atoms with Gasteiger partial charge in [0.1, 0.15) is 0 Å². The average molecular weight is 259 g/mol. The zero-order chi connectivity index (χ0) is 13.0. The van der Waals surface area contributed by atoms with Crippen molar-refractivity contribution in [3.05, 3.63) is 57.3 Å². The Morgan fingerprint density at radius 1 is 1.11 bits per heavy atom. The molecule has 2 N–H and O–H groups in total. The third kappa shape index (κ3) is 3.69. The second-order valence-electron chi connectivity index (χ2n) is 4.88. The van der Waals surface area contributed by atoms with Gasteiger partial charge in [-0.1, -0.05) is 36.8 Å².